The summed E-state index contributed by atoms with van der Waals surface area (Å²) in [5, 5.41) is 12.1. The highest BCUT2D eigenvalue weighted by Gasteiger charge is 2.19. The molecule has 0 heterocycles. The molecule has 1 amide bonds. The lowest BCUT2D eigenvalue weighted by Crippen LogP contribution is -2.28. The maximum atomic E-state index is 12.5. The largest absolute Gasteiger partial charge is 0.497 e. The van der Waals surface area contributed by atoms with Gasteiger partial charge in [0.2, 0.25) is 0 Å². The Balaban J connectivity index is 2.27. The van der Waals surface area contributed by atoms with Gasteiger partial charge in [-0.15, -0.1) is 0 Å². The number of methoxy groups -OCH3 is 2. The number of benzene rings is 2. The van der Waals surface area contributed by atoms with Crippen LogP contribution in [0.4, 0.5) is 0 Å². The quantitative estimate of drug-likeness (QED) is 0.921. The van der Waals surface area contributed by atoms with E-state index in [-0.39, 0.29) is 5.91 Å². The summed E-state index contributed by atoms with van der Waals surface area (Å²) in [5.41, 5.74) is 2.07. The van der Waals surface area contributed by atoms with E-state index in [1.807, 2.05) is 31.2 Å². The third kappa shape index (κ3) is 3.61. The fourth-order valence-electron chi connectivity index (χ4n) is 2.29. The van der Waals surface area contributed by atoms with Crippen molar-refractivity contribution in [3.63, 3.8) is 0 Å². The van der Waals surface area contributed by atoms with Crippen LogP contribution in [-0.4, -0.2) is 20.1 Å². The molecule has 0 aliphatic carbocycles. The topological polar surface area (TPSA) is 71.3 Å². The van der Waals surface area contributed by atoms with Crippen LogP contribution in [0.25, 0.3) is 0 Å². The molecule has 0 saturated heterocycles. The molecule has 2 rings (SSSR count). The molecule has 0 radical (unpaired) electrons. The first-order valence-electron chi connectivity index (χ1n) is 7.08. The number of carbonyl (C=O) groups is 1. The molecule has 2 aromatic carbocycles. The first-order valence-corrected chi connectivity index (χ1v) is 7.08. The van der Waals surface area contributed by atoms with Crippen molar-refractivity contribution >= 4 is 5.91 Å². The van der Waals surface area contributed by atoms with Crippen molar-refractivity contribution in [2.45, 2.75) is 13.0 Å². The van der Waals surface area contributed by atoms with E-state index in [1.165, 1.54) is 7.11 Å². The second kappa shape index (κ2) is 7.32. The van der Waals surface area contributed by atoms with Crippen molar-refractivity contribution in [2.24, 2.45) is 0 Å². The summed E-state index contributed by atoms with van der Waals surface area (Å²) in [6.45, 7) is 1.90. The van der Waals surface area contributed by atoms with Crippen LogP contribution in [-0.2, 0) is 0 Å². The highest BCUT2D eigenvalue weighted by Crippen LogP contribution is 2.25. The lowest BCUT2D eigenvalue weighted by Gasteiger charge is -2.16. The molecule has 5 heteroatoms. The molecule has 1 atom stereocenters. The minimum atomic E-state index is -0.726. The van der Waals surface area contributed by atoms with Gasteiger partial charge < -0.3 is 14.8 Å². The van der Waals surface area contributed by atoms with E-state index >= 15 is 0 Å². The molecule has 0 spiro atoms. The van der Waals surface area contributed by atoms with Crippen LogP contribution in [0, 0.1) is 18.3 Å². The van der Waals surface area contributed by atoms with Gasteiger partial charge >= 0.3 is 0 Å². The third-order valence-corrected chi connectivity index (χ3v) is 3.56. The molecule has 2 aromatic rings. The summed E-state index contributed by atoms with van der Waals surface area (Å²) in [6, 6.07) is 13.8. The normalized spacial score (nSPS) is 11.2. The molecular weight excluding hydrogens is 292 g/mol. The Morgan fingerprint density at radius 2 is 1.91 bits per heavy atom. The number of rotatable bonds is 5. The lowest BCUT2D eigenvalue weighted by molar-refractivity contribution is 0.0942. The van der Waals surface area contributed by atoms with E-state index in [0.29, 0.717) is 17.1 Å². The first-order chi connectivity index (χ1) is 11.1. The van der Waals surface area contributed by atoms with Crippen LogP contribution in [0.15, 0.2) is 42.5 Å². The first kappa shape index (κ1) is 16.4. The third-order valence-electron chi connectivity index (χ3n) is 3.56. The van der Waals surface area contributed by atoms with Crippen molar-refractivity contribution in [1.29, 1.82) is 5.26 Å². The van der Waals surface area contributed by atoms with Gasteiger partial charge in [-0.1, -0.05) is 24.3 Å². The zero-order valence-electron chi connectivity index (χ0n) is 13.3. The molecule has 0 unspecified atom stereocenters. The number of hydrogen-bond donors (Lipinski definition) is 1. The van der Waals surface area contributed by atoms with Gasteiger partial charge in [-0.3, -0.25) is 4.79 Å². The fourth-order valence-corrected chi connectivity index (χ4v) is 2.29. The zero-order chi connectivity index (χ0) is 16.8. The molecule has 0 saturated carbocycles. The molecule has 5 nitrogen and oxygen atoms in total. The van der Waals surface area contributed by atoms with Gasteiger partial charge in [0.1, 0.15) is 17.5 Å². The molecular formula is C18H18N2O3. The molecule has 0 bridgehead atoms. The monoisotopic (exact) mass is 310 g/mol. The summed E-state index contributed by atoms with van der Waals surface area (Å²) < 4.78 is 10.3. The molecule has 23 heavy (non-hydrogen) atoms. The van der Waals surface area contributed by atoms with Crippen LogP contribution < -0.4 is 14.8 Å². The Morgan fingerprint density at radius 3 is 2.52 bits per heavy atom. The van der Waals surface area contributed by atoms with Crippen molar-refractivity contribution in [3.05, 3.63) is 59.2 Å². The zero-order valence-corrected chi connectivity index (χ0v) is 13.3. The van der Waals surface area contributed by atoms with Crippen LogP contribution in [0.1, 0.15) is 27.5 Å². The number of carbonyl (C=O) groups excluding carboxylic acids is 1. The second-order valence-corrected chi connectivity index (χ2v) is 4.96. The van der Waals surface area contributed by atoms with Crippen molar-refractivity contribution in [1.82, 2.24) is 5.32 Å². The molecule has 0 aliphatic rings. The molecule has 0 aliphatic heterocycles. The number of amides is 1. The summed E-state index contributed by atoms with van der Waals surface area (Å²) >= 11 is 0. The van der Waals surface area contributed by atoms with E-state index in [1.54, 1.807) is 25.3 Å². The number of ether oxygens (including phenoxy) is 2. The molecule has 0 fully saturated rings. The van der Waals surface area contributed by atoms with Crippen LogP contribution in [0.5, 0.6) is 11.5 Å². The minimum absolute atomic E-state index is 0.349. The van der Waals surface area contributed by atoms with Crippen molar-refractivity contribution in [3.8, 4) is 17.6 Å². The molecule has 118 valence electrons. The van der Waals surface area contributed by atoms with Crippen LogP contribution >= 0.6 is 0 Å². The summed E-state index contributed by atoms with van der Waals surface area (Å²) in [4.78, 5) is 12.5. The minimum Gasteiger partial charge on any atom is -0.497 e. The van der Waals surface area contributed by atoms with Gasteiger partial charge in [0.25, 0.3) is 5.91 Å². The van der Waals surface area contributed by atoms with Gasteiger partial charge in [-0.05, 0) is 30.2 Å². The molecule has 1 N–H and O–H groups in total. The molecule has 0 aromatic heterocycles. The Kier molecular flexibility index (Phi) is 5.21. The summed E-state index contributed by atoms with van der Waals surface area (Å²) in [5.74, 6) is 0.608. The van der Waals surface area contributed by atoms with E-state index in [9.17, 15) is 10.1 Å². The number of aryl methyl sites for hydroxylation is 1. The smallest absolute Gasteiger partial charge is 0.256 e. The number of nitrogens with one attached hydrogen (secondary N) is 1. The standard InChI is InChI=1S/C18H18N2O3/c1-12-6-4-5-7-14(12)16(11-19)20-18(21)15-9-8-13(22-2)10-17(15)23-3/h4-10,16H,1-3H3,(H,20,21)/t16-/m1/s1. The van der Waals surface area contributed by atoms with Crippen LogP contribution in [0.3, 0.4) is 0 Å². The predicted molar refractivity (Wildman–Crippen MR) is 86.5 cm³/mol. The average molecular weight is 310 g/mol. The summed E-state index contributed by atoms with van der Waals surface area (Å²) in [6.07, 6.45) is 0. The fraction of sp³-hybridized carbons (Fsp3) is 0.222. The maximum absolute atomic E-state index is 12.5. The van der Waals surface area contributed by atoms with Crippen molar-refractivity contribution in [2.75, 3.05) is 14.2 Å². The number of nitrogens with zero attached hydrogens (tertiary/aromatic N) is 1. The van der Waals surface area contributed by atoms with E-state index in [2.05, 4.69) is 11.4 Å². The highest BCUT2D eigenvalue weighted by atomic mass is 16.5. The van der Waals surface area contributed by atoms with Gasteiger partial charge in [0.05, 0.1) is 25.9 Å². The van der Waals surface area contributed by atoms with Gasteiger partial charge in [0.15, 0.2) is 0 Å². The average Bonchev–Trinajstić information content (AvgIpc) is 2.59. The van der Waals surface area contributed by atoms with Crippen LogP contribution in [0.2, 0.25) is 0 Å². The number of hydrogen-bond acceptors (Lipinski definition) is 4. The maximum Gasteiger partial charge on any atom is 0.256 e. The Morgan fingerprint density at radius 1 is 1.17 bits per heavy atom. The van der Waals surface area contributed by atoms with Crippen molar-refractivity contribution < 1.29 is 14.3 Å². The Bertz CT molecular complexity index is 750. The van der Waals surface area contributed by atoms with E-state index in [0.717, 1.165) is 11.1 Å². The van der Waals surface area contributed by atoms with Gasteiger partial charge in [-0.2, -0.15) is 5.26 Å². The predicted octanol–water partition coefficient (Wildman–Crippen LogP) is 3.01. The lowest BCUT2D eigenvalue weighted by atomic mass is 10.0. The highest BCUT2D eigenvalue weighted by molar-refractivity contribution is 5.97. The second-order valence-electron chi connectivity index (χ2n) is 4.96. The Hall–Kier alpha value is -3.00. The van der Waals surface area contributed by atoms with Gasteiger partial charge in [-0.25, -0.2) is 0 Å². The van der Waals surface area contributed by atoms with E-state index < -0.39 is 6.04 Å². The summed E-state index contributed by atoms with van der Waals surface area (Å²) in [7, 11) is 3.02. The van der Waals surface area contributed by atoms with E-state index in [4.69, 9.17) is 9.47 Å². The Labute approximate surface area is 135 Å². The SMILES string of the molecule is COc1ccc(C(=O)N[C@H](C#N)c2ccccc2C)c(OC)c1. The van der Waals surface area contributed by atoms with Gasteiger partial charge in [0, 0.05) is 6.07 Å². The number of nitriles is 1.